The molecule has 0 saturated carbocycles. The van der Waals surface area contributed by atoms with Crippen molar-refractivity contribution in [2.24, 2.45) is 0 Å². The van der Waals surface area contributed by atoms with E-state index in [1.165, 1.54) is 6.07 Å². The maximum atomic E-state index is 13.4. The number of carbonyl (C=O) groups excluding carboxylic acids is 1. The van der Waals surface area contributed by atoms with Gasteiger partial charge in [0.25, 0.3) is 0 Å². The predicted octanol–water partition coefficient (Wildman–Crippen LogP) is 7.13. The quantitative estimate of drug-likeness (QED) is 0.235. The summed E-state index contributed by atoms with van der Waals surface area (Å²) < 4.78 is 12.6. The molecule has 0 spiro atoms. The van der Waals surface area contributed by atoms with Crippen LogP contribution in [0.2, 0.25) is 0 Å². The number of aryl methyl sites for hydroxylation is 1. The van der Waals surface area contributed by atoms with Crippen molar-refractivity contribution in [3.05, 3.63) is 86.0 Å². The van der Waals surface area contributed by atoms with Gasteiger partial charge in [0.1, 0.15) is 23.7 Å². The maximum absolute atomic E-state index is 13.4. The van der Waals surface area contributed by atoms with E-state index in [4.69, 9.17) is 9.15 Å². The topological polar surface area (TPSA) is 79.9 Å². The molecule has 4 aromatic rings. The lowest BCUT2D eigenvalue weighted by Gasteiger charge is -2.09. The maximum Gasteiger partial charge on any atom is 0.197 e. The van der Waals surface area contributed by atoms with Crippen LogP contribution in [-0.4, -0.2) is 16.0 Å². The molecule has 3 aromatic carbocycles. The fraction of sp³-hybridized carbons (Fsp3) is 0.160. The van der Waals surface area contributed by atoms with Crippen molar-refractivity contribution >= 4 is 48.6 Å². The normalized spacial score (nSPS) is 11.1. The molecule has 164 valence electrons. The number of ether oxygens (including phenoxy) is 1. The molecule has 0 atom stereocenters. The van der Waals surface area contributed by atoms with Crippen molar-refractivity contribution < 1.29 is 24.2 Å². The van der Waals surface area contributed by atoms with Gasteiger partial charge in [0.15, 0.2) is 17.3 Å². The Bertz CT molecular complexity index is 1270. The third-order valence-electron chi connectivity index (χ3n) is 5.06. The van der Waals surface area contributed by atoms with Crippen LogP contribution in [0.15, 0.2) is 68.0 Å². The van der Waals surface area contributed by atoms with Gasteiger partial charge in [-0.2, -0.15) is 0 Å². The third-order valence-corrected chi connectivity index (χ3v) is 6.27. The SMILES string of the molecule is CCCc1oc2cc(OCc3ccccc3)c(O)cc2c1C(=O)c1cc(Br)c(O)c(Br)c1. The minimum atomic E-state index is -0.258. The summed E-state index contributed by atoms with van der Waals surface area (Å²) >= 11 is 6.55. The molecule has 0 unspecified atom stereocenters. The molecule has 0 radical (unpaired) electrons. The van der Waals surface area contributed by atoms with Gasteiger partial charge < -0.3 is 19.4 Å². The summed E-state index contributed by atoms with van der Waals surface area (Å²) in [5.41, 5.74) is 2.22. The van der Waals surface area contributed by atoms with Crippen molar-refractivity contribution in [1.82, 2.24) is 0 Å². The number of phenols is 2. The van der Waals surface area contributed by atoms with Crippen molar-refractivity contribution in [2.75, 3.05) is 0 Å². The molecule has 0 aliphatic carbocycles. The Morgan fingerprint density at radius 2 is 1.72 bits per heavy atom. The van der Waals surface area contributed by atoms with E-state index in [0.29, 0.717) is 49.8 Å². The second kappa shape index (κ2) is 9.38. The Balaban J connectivity index is 1.76. The molecule has 7 heteroatoms. The van der Waals surface area contributed by atoms with Gasteiger partial charge in [-0.25, -0.2) is 0 Å². The minimum absolute atomic E-state index is 0.0187. The molecule has 4 rings (SSSR count). The molecular weight excluding hydrogens is 540 g/mol. The highest BCUT2D eigenvalue weighted by Gasteiger charge is 2.24. The van der Waals surface area contributed by atoms with Crippen LogP contribution in [-0.2, 0) is 13.0 Å². The number of benzene rings is 3. The zero-order valence-corrected chi connectivity index (χ0v) is 20.4. The number of fused-ring (bicyclic) bond motifs is 1. The first-order chi connectivity index (χ1) is 15.4. The highest BCUT2D eigenvalue weighted by molar-refractivity contribution is 9.11. The number of hydrogen-bond donors (Lipinski definition) is 2. The first-order valence-corrected chi connectivity index (χ1v) is 11.7. The Kier molecular flexibility index (Phi) is 6.58. The third kappa shape index (κ3) is 4.40. The Morgan fingerprint density at radius 3 is 2.38 bits per heavy atom. The van der Waals surface area contributed by atoms with Gasteiger partial charge in [0, 0.05) is 23.4 Å². The van der Waals surface area contributed by atoms with Gasteiger partial charge in [-0.1, -0.05) is 37.3 Å². The number of rotatable bonds is 7. The van der Waals surface area contributed by atoms with Gasteiger partial charge in [-0.15, -0.1) is 0 Å². The molecule has 1 heterocycles. The lowest BCUT2D eigenvalue weighted by molar-refractivity contribution is 0.103. The Hall–Kier alpha value is -2.77. The first-order valence-electron chi connectivity index (χ1n) is 10.1. The van der Waals surface area contributed by atoms with Crippen molar-refractivity contribution in [1.29, 1.82) is 0 Å². The first kappa shape index (κ1) is 22.4. The van der Waals surface area contributed by atoms with E-state index in [1.807, 2.05) is 37.3 Å². The molecular formula is C25H20Br2O5. The highest BCUT2D eigenvalue weighted by atomic mass is 79.9. The fourth-order valence-corrected chi connectivity index (χ4v) is 4.69. The van der Waals surface area contributed by atoms with E-state index in [2.05, 4.69) is 31.9 Å². The van der Waals surface area contributed by atoms with Crippen LogP contribution in [0.1, 0.15) is 40.6 Å². The van der Waals surface area contributed by atoms with E-state index in [9.17, 15) is 15.0 Å². The molecule has 0 saturated heterocycles. The number of ketones is 1. The number of furan rings is 1. The van der Waals surface area contributed by atoms with Gasteiger partial charge in [-0.05, 0) is 62.0 Å². The van der Waals surface area contributed by atoms with Crippen molar-refractivity contribution in [2.45, 2.75) is 26.4 Å². The smallest absolute Gasteiger partial charge is 0.197 e. The van der Waals surface area contributed by atoms with E-state index in [-0.39, 0.29) is 23.0 Å². The summed E-state index contributed by atoms with van der Waals surface area (Å²) in [5, 5.41) is 21.1. The van der Waals surface area contributed by atoms with E-state index < -0.39 is 0 Å². The van der Waals surface area contributed by atoms with Gasteiger partial charge in [0.05, 0.1) is 14.5 Å². The van der Waals surface area contributed by atoms with Crippen LogP contribution in [0.3, 0.4) is 0 Å². The standard InChI is InChI=1S/C25H20Br2O5/c1-2-6-20-23(24(29)15-9-17(26)25(30)18(27)10-15)16-11-19(28)22(12-21(16)32-20)31-13-14-7-4-3-5-8-14/h3-5,7-12,28,30H,2,6,13H2,1H3. The van der Waals surface area contributed by atoms with Gasteiger partial charge >= 0.3 is 0 Å². The summed E-state index contributed by atoms with van der Waals surface area (Å²) in [6, 6.07) is 15.9. The van der Waals surface area contributed by atoms with Crippen LogP contribution in [0.25, 0.3) is 11.0 Å². The average molecular weight is 560 g/mol. The Morgan fingerprint density at radius 1 is 1.03 bits per heavy atom. The number of aromatic hydroxyl groups is 2. The molecule has 0 bridgehead atoms. The molecule has 0 aliphatic rings. The van der Waals surface area contributed by atoms with Gasteiger partial charge in [-0.3, -0.25) is 4.79 Å². The highest BCUT2D eigenvalue weighted by Crippen LogP contribution is 2.39. The largest absolute Gasteiger partial charge is 0.506 e. The van der Waals surface area contributed by atoms with Crippen LogP contribution in [0.5, 0.6) is 17.2 Å². The van der Waals surface area contributed by atoms with Crippen LogP contribution >= 0.6 is 31.9 Å². The summed E-state index contributed by atoms with van der Waals surface area (Å²) in [5.74, 6) is 0.523. The molecule has 2 N–H and O–H groups in total. The number of phenolic OH excluding ortho intramolecular Hbond substituents is 2. The fourth-order valence-electron chi connectivity index (χ4n) is 3.51. The monoisotopic (exact) mass is 558 g/mol. The van der Waals surface area contributed by atoms with Crippen LogP contribution in [0, 0.1) is 0 Å². The second-order valence-corrected chi connectivity index (χ2v) is 9.07. The van der Waals surface area contributed by atoms with Gasteiger partial charge in [0.2, 0.25) is 0 Å². The van der Waals surface area contributed by atoms with E-state index in [0.717, 1.165) is 12.0 Å². The number of hydrogen-bond acceptors (Lipinski definition) is 5. The molecule has 32 heavy (non-hydrogen) atoms. The van der Waals surface area contributed by atoms with Crippen molar-refractivity contribution in [3.63, 3.8) is 0 Å². The summed E-state index contributed by atoms with van der Waals surface area (Å²) in [7, 11) is 0. The molecule has 5 nitrogen and oxygen atoms in total. The molecule has 0 amide bonds. The molecule has 0 fully saturated rings. The zero-order chi connectivity index (χ0) is 22.8. The second-order valence-electron chi connectivity index (χ2n) is 7.36. The Labute approximate surface area is 201 Å². The summed E-state index contributed by atoms with van der Waals surface area (Å²) in [6.07, 6.45) is 1.35. The van der Waals surface area contributed by atoms with Crippen LogP contribution in [0.4, 0.5) is 0 Å². The average Bonchev–Trinajstić information content (AvgIpc) is 3.12. The van der Waals surface area contributed by atoms with Crippen LogP contribution < -0.4 is 4.74 Å². The van der Waals surface area contributed by atoms with Crippen molar-refractivity contribution in [3.8, 4) is 17.2 Å². The lowest BCUT2D eigenvalue weighted by Crippen LogP contribution is -2.04. The van der Waals surface area contributed by atoms with E-state index >= 15 is 0 Å². The minimum Gasteiger partial charge on any atom is -0.506 e. The number of carbonyl (C=O) groups is 1. The van der Waals surface area contributed by atoms with E-state index in [1.54, 1.807) is 18.2 Å². The zero-order valence-electron chi connectivity index (χ0n) is 17.2. The summed E-state index contributed by atoms with van der Waals surface area (Å²) in [6.45, 7) is 2.30. The lowest BCUT2D eigenvalue weighted by atomic mass is 9.98. The predicted molar refractivity (Wildman–Crippen MR) is 130 cm³/mol. The molecule has 1 aromatic heterocycles. The molecule has 0 aliphatic heterocycles. The number of halogens is 2. The summed E-state index contributed by atoms with van der Waals surface area (Å²) in [4.78, 5) is 13.4.